The summed E-state index contributed by atoms with van der Waals surface area (Å²) in [6.07, 6.45) is 36.5. The van der Waals surface area contributed by atoms with E-state index in [0.29, 0.717) is 0 Å². The van der Waals surface area contributed by atoms with Crippen molar-refractivity contribution in [1.29, 1.82) is 0 Å². The molecule has 0 spiro atoms. The monoisotopic (exact) mass is 544 g/mol. The highest BCUT2D eigenvalue weighted by molar-refractivity contribution is 7.60. The molecule has 6 saturated carbocycles. The molecule has 0 saturated heterocycles. The Morgan fingerprint density at radius 1 is 0.378 bits per heavy atom. The molecule has 0 aliphatic heterocycles. The molecule has 6 aliphatic carbocycles. The van der Waals surface area contributed by atoms with Gasteiger partial charge in [0.1, 0.15) is 0 Å². The van der Waals surface area contributed by atoms with Crippen LogP contribution >= 0.6 is 15.8 Å². The molecule has 6 aliphatic rings. The maximum absolute atomic E-state index is 2.89. The lowest BCUT2D eigenvalue weighted by molar-refractivity contribution is 0.213. The molecule has 2 unspecified atom stereocenters. The van der Waals surface area contributed by atoms with Crippen LogP contribution < -0.4 is 0 Å². The lowest BCUT2D eigenvalue weighted by Crippen LogP contribution is -2.41. The molecule has 0 aromatic rings. The van der Waals surface area contributed by atoms with Crippen LogP contribution in [0, 0.1) is 23.7 Å². The smallest absolute Gasteiger partial charge is 0.0199 e. The van der Waals surface area contributed by atoms with E-state index in [1.54, 1.807) is 148 Å². The van der Waals surface area contributed by atoms with Crippen molar-refractivity contribution >= 4 is 15.8 Å². The first-order valence-electron chi connectivity index (χ1n) is 17.8. The highest BCUT2D eigenvalue weighted by atomic mass is 31.1. The Bertz CT molecular complexity index is 587. The van der Waals surface area contributed by atoms with Crippen LogP contribution in [0.1, 0.15) is 162 Å². The molecule has 0 heterocycles. The summed E-state index contributed by atoms with van der Waals surface area (Å²) in [5.41, 5.74) is 6.76. The first-order chi connectivity index (χ1) is 18.2. The number of rotatable bonds is 8. The van der Waals surface area contributed by atoms with Crippen LogP contribution in [-0.4, -0.2) is 34.0 Å². The zero-order chi connectivity index (χ0) is 25.2. The van der Waals surface area contributed by atoms with E-state index < -0.39 is 0 Å². The van der Waals surface area contributed by atoms with E-state index in [4.69, 9.17) is 0 Å². The highest BCUT2D eigenvalue weighted by Gasteiger charge is 2.55. The molecule has 0 aromatic heterocycles. The summed E-state index contributed by atoms with van der Waals surface area (Å²) < 4.78 is 0. The minimum absolute atomic E-state index is 0.227. The van der Waals surface area contributed by atoms with Crippen LogP contribution in [0.3, 0.4) is 0 Å². The average Bonchev–Trinajstić information content (AvgIpc) is 3.58. The summed E-state index contributed by atoms with van der Waals surface area (Å²) in [4.78, 5) is 0. The second-order valence-corrected chi connectivity index (χ2v) is 21.4. The minimum atomic E-state index is 0.227. The van der Waals surface area contributed by atoms with Gasteiger partial charge in [0.15, 0.2) is 0 Å². The molecule has 37 heavy (non-hydrogen) atoms. The van der Waals surface area contributed by atoms with E-state index in [0.717, 1.165) is 57.6 Å². The van der Waals surface area contributed by atoms with Crippen molar-refractivity contribution in [2.75, 3.05) is 0 Å². The molecule has 0 N–H and O–H groups in total. The van der Waals surface area contributed by atoms with Gasteiger partial charge in [-0.1, -0.05) is 107 Å². The van der Waals surface area contributed by atoms with E-state index in [2.05, 4.69) is 13.8 Å². The molecule has 6 rings (SSSR count). The Morgan fingerprint density at radius 2 is 0.649 bits per heavy atom. The zero-order valence-corrected chi connectivity index (χ0v) is 26.7. The van der Waals surface area contributed by atoms with Crippen molar-refractivity contribution in [3.63, 3.8) is 0 Å². The predicted octanol–water partition coefficient (Wildman–Crippen LogP) is 11.7. The molecule has 0 aromatic carbocycles. The first kappa shape index (κ1) is 28.0. The summed E-state index contributed by atoms with van der Waals surface area (Å²) in [7, 11) is 0.453. The van der Waals surface area contributed by atoms with Gasteiger partial charge in [-0.3, -0.25) is 0 Å². The summed E-state index contributed by atoms with van der Waals surface area (Å²) in [6.45, 7) is 5.78. The van der Waals surface area contributed by atoms with Gasteiger partial charge in [-0.05, 0) is 128 Å². The third kappa shape index (κ3) is 6.08. The van der Waals surface area contributed by atoms with E-state index >= 15 is 0 Å². The van der Waals surface area contributed by atoms with Crippen molar-refractivity contribution in [2.24, 2.45) is 23.7 Å². The maximum Gasteiger partial charge on any atom is -0.0199 e. The van der Waals surface area contributed by atoms with Gasteiger partial charge in [-0.15, -0.1) is 0 Å². The van der Waals surface area contributed by atoms with Crippen LogP contribution in [0.25, 0.3) is 0 Å². The van der Waals surface area contributed by atoms with Crippen molar-refractivity contribution in [3.8, 4) is 0 Å². The topological polar surface area (TPSA) is 0 Å². The van der Waals surface area contributed by atoms with E-state index in [1.165, 1.54) is 0 Å². The van der Waals surface area contributed by atoms with Crippen LogP contribution in [0.5, 0.6) is 0 Å². The Labute approximate surface area is 234 Å². The van der Waals surface area contributed by atoms with Crippen LogP contribution in [0.15, 0.2) is 0 Å². The third-order valence-corrected chi connectivity index (χ3v) is 21.1. The van der Waals surface area contributed by atoms with Crippen LogP contribution in [0.2, 0.25) is 0 Å². The Balaban J connectivity index is 1.27. The predicted molar refractivity (Wildman–Crippen MR) is 168 cm³/mol. The second-order valence-electron chi connectivity index (χ2n) is 15.0. The largest absolute Gasteiger partial charge is 0.0971 e. The van der Waals surface area contributed by atoms with Gasteiger partial charge < -0.3 is 0 Å². The van der Waals surface area contributed by atoms with E-state index in [1.807, 2.05) is 0 Å². The van der Waals surface area contributed by atoms with E-state index in [-0.39, 0.29) is 15.8 Å². The lowest BCUT2D eigenvalue weighted by atomic mass is 9.76. The van der Waals surface area contributed by atoms with Crippen LogP contribution in [0.4, 0.5) is 0 Å². The van der Waals surface area contributed by atoms with E-state index in [9.17, 15) is 0 Å². The Morgan fingerprint density at radius 3 is 0.919 bits per heavy atom. The molecular weight excluding hydrogens is 482 g/mol. The molecule has 6 atom stereocenters. The number of hydrogen-bond acceptors (Lipinski definition) is 0. The SMILES string of the molecule is C[C@H]([C@H]1C2CCC(C2)[C@@H]1[C@@H](C)P(C1CCCCC1)C1CCCCC1)P(C1CCCCC1)C1CCCCC1. The fourth-order valence-corrected chi connectivity index (χ4v) is 21.0. The first-order valence-corrected chi connectivity index (χ1v) is 20.9. The van der Waals surface area contributed by atoms with Gasteiger partial charge in [0, 0.05) is 0 Å². The normalized spacial score (nSPS) is 37.0. The fraction of sp³-hybridized carbons (Fsp3) is 1.00. The molecule has 0 nitrogen and oxygen atoms in total. The van der Waals surface area contributed by atoms with Gasteiger partial charge in [-0.2, -0.15) is 0 Å². The quantitative estimate of drug-likeness (QED) is 0.267. The number of fused-ring (bicyclic) bond motifs is 2. The Kier molecular flexibility index (Phi) is 10.0. The Hall–Kier alpha value is 0.860. The van der Waals surface area contributed by atoms with Crippen LogP contribution in [-0.2, 0) is 0 Å². The molecule has 0 radical (unpaired) electrons. The summed E-state index contributed by atoms with van der Waals surface area (Å²) in [6, 6.07) is 0. The van der Waals surface area contributed by atoms with Crippen molar-refractivity contribution in [2.45, 2.75) is 195 Å². The highest BCUT2D eigenvalue weighted by Crippen LogP contribution is 2.70. The molecule has 0 amide bonds. The molecular formula is C35H62P2. The second kappa shape index (κ2) is 13.2. The minimum Gasteiger partial charge on any atom is -0.0971 e. The summed E-state index contributed by atoms with van der Waals surface area (Å²) in [5, 5.41) is 0. The summed E-state index contributed by atoms with van der Waals surface area (Å²) in [5.74, 6) is 4.50. The third-order valence-electron chi connectivity index (χ3n) is 13.1. The summed E-state index contributed by atoms with van der Waals surface area (Å²) >= 11 is 0. The van der Waals surface area contributed by atoms with Crippen molar-refractivity contribution in [3.05, 3.63) is 0 Å². The molecule has 2 bridgehead atoms. The van der Waals surface area contributed by atoms with Crippen molar-refractivity contribution < 1.29 is 0 Å². The fourth-order valence-electron chi connectivity index (χ4n) is 11.7. The molecule has 2 heteroatoms. The standard InChI is InChI=1S/C35H62P2/c1-26(36(30-15-7-3-8-16-30)31-17-9-4-10-18-31)34-28-23-24-29(25-28)35(34)27(2)37(32-19-11-5-12-20-32)33-21-13-6-14-22-33/h26-35H,3-25H2,1-2H3/t26-,27-,28?,29?,34+,35+/m1/s1. The molecule has 6 fully saturated rings. The van der Waals surface area contributed by atoms with Crippen molar-refractivity contribution in [1.82, 2.24) is 0 Å². The van der Waals surface area contributed by atoms with Gasteiger partial charge in [0.25, 0.3) is 0 Å². The molecule has 212 valence electrons. The number of hydrogen-bond donors (Lipinski definition) is 0. The lowest BCUT2D eigenvalue weighted by Gasteiger charge is -2.51. The maximum atomic E-state index is 2.89. The van der Waals surface area contributed by atoms with Gasteiger partial charge in [-0.25, -0.2) is 0 Å². The average molecular weight is 545 g/mol. The zero-order valence-electron chi connectivity index (χ0n) is 24.9. The van der Waals surface area contributed by atoms with Gasteiger partial charge in [0.2, 0.25) is 0 Å². The van der Waals surface area contributed by atoms with Gasteiger partial charge >= 0.3 is 0 Å². The van der Waals surface area contributed by atoms with Gasteiger partial charge in [0.05, 0.1) is 0 Å².